The van der Waals surface area contributed by atoms with Crippen LogP contribution < -0.4 is 10.2 Å². The first-order valence-electron chi connectivity index (χ1n) is 8.45. The highest BCUT2D eigenvalue weighted by molar-refractivity contribution is 5.87. The first kappa shape index (κ1) is 21.4. The van der Waals surface area contributed by atoms with Crippen LogP contribution in [0.2, 0.25) is 0 Å². The van der Waals surface area contributed by atoms with Crippen molar-refractivity contribution in [2.24, 2.45) is 0 Å². The second-order valence-electron chi connectivity index (χ2n) is 7.05. The Hall–Kier alpha value is -2.64. The number of hydrogen-bond acceptors (Lipinski definition) is 5. The lowest BCUT2D eigenvalue weighted by Gasteiger charge is -2.27. The fraction of sp³-hybridized carbons (Fsp3) is 0.556. The molecular formula is C18H27N3O5. The molecule has 1 aromatic heterocycles. The molecule has 0 aromatic carbocycles. The number of aliphatic carboxylic acids is 1. The van der Waals surface area contributed by atoms with Crippen LogP contribution >= 0.6 is 0 Å². The Balaban J connectivity index is 2.76. The van der Waals surface area contributed by atoms with Gasteiger partial charge >= 0.3 is 12.1 Å². The van der Waals surface area contributed by atoms with Crippen LogP contribution in [-0.2, 0) is 14.3 Å². The number of carbonyl (C=O) groups is 3. The SMILES string of the molecule is Cc1ccnc(N(CCCC(=O)N[C@@H](C)C(=O)O)C(=O)OC(C)(C)C)c1. The van der Waals surface area contributed by atoms with E-state index in [4.69, 9.17) is 9.84 Å². The molecule has 2 N–H and O–H groups in total. The normalized spacial score (nSPS) is 12.2. The first-order chi connectivity index (χ1) is 12.0. The molecule has 0 saturated heterocycles. The lowest BCUT2D eigenvalue weighted by Crippen LogP contribution is -2.40. The third-order valence-electron chi connectivity index (χ3n) is 3.32. The van der Waals surface area contributed by atoms with Gasteiger partial charge in [-0.2, -0.15) is 0 Å². The number of hydrogen-bond donors (Lipinski definition) is 2. The largest absolute Gasteiger partial charge is 0.480 e. The van der Waals surface area contributed by atoms with Crippen molar-refractivity contribution >= 4 is 23.8 Å². The van der Waals surface area contributed by atoms with Crippen molar-refractivity contribution in [2.75, 3.05) is 11.4 Å². The van der Waals surface area contributed by atoms with Crippen LogP contribution in [0.3, 0.4) is 0 Å². The molecule has 0 bridgehead atoms. The van der Waals surface area contributed by atoms with Gasteiger partial charge in [0.1, 0.15) is 17.5 Å². The number of pyridine rings is 1. The van der Waals surface area contributed by atoms with Crippen LogP contribution in [0.1, 0.15) is 46.1 Å². The molecule has 0 aliphatic rings. The van der Waals surface area contributed by atoms with E-state index in [-0.39, 0.29) is 18.9 Å². The zero-order valence-corrected chi connectivity index (χ0v) is 15.9. The third-order valence-corrected chi connectivity index (χ3v) is 3.32. The molecular weight excluding hydrogens is 338 g/mol. The summed E-state index contributed by atoms with van der Waals surface area (Å²) in [5.74, 6) is -1.04. The minimum absolute atomic E-state index is 0.0860. The van der Waals surface area contributed by atoms with E-state index in [0.29, 0.717) is 12.2 Å². The van der Waals surface area contributed by atoms with E-state index in [1.54, 1.807) is 33.0 Å². The Labute approximate surface area is 153 Å². The van der Waals surface area contributed by atoms with E-state index in [0.717, 1.165) is 5.56 Å². The Kier molecular flexibility index (Phi) is 7.55. The first-order valence-corrected chi connectivity index (χ1v) is 8.45. The summed E-state index contributed by atoms with van der Waals surface area (Å²) in [6, 6.07) is 2.62. The van der Waals surface area contributed by atoms with Crippen molar-refractivity contribution < 1.29 is 24.2 Å². The summed E-state index contributed by atoms with van der Waals surface area (Å²) in [7, 11) is 0. The molecule has 1 heterocycles. The summed E-state index contributed by atoms with van der Waals surface area (Å²) in [4.78, 5) is 40.7. The summed E-state index contributed by atoms with van der Waals surface area (Å²) >= 11 is 0. The van der Waals surface area contributed by atoms with E-state index >= 15 is 0 Å². The molecule has 0 aliphatic carbocycles. The van der Waals surface area contributed by atoms with Gasteiger partial charge in [-0.3, -0.25) is 14.5 Å². The topological polar surface area (TPSA) is 109 Å². The summed E-state index contributed by atoms with van der Waals surface area (Å²) in [5, 5.41) is 11.2. The van der Waals surface area contributed by atoms with Gasteiger partial charge in [0.05, 0.1) is 0 Å². The van der Waals surface area contributed by atoms with Crippen molar-refractivity contribution in [3.05, 3.63) is 23.9 Å². The van der Waals surface area contributed by atoms with Crippen molar-refractivity contribution in [3.8, 4) is 0 Å². The predicted octanol–water partition coefficient (Wildman–Crippen LogP) is 2.50. The van der Waals surface area contributed by atoms with Crippen LogP contribution in [0.25, 0.3) is 0 Å². The van der Waals surface area contributed by atoms with Gasteiger partial charge in [-0.05, 0) is 58.7 Å². The van der Waals surface area contributed by atoms with Crippen molar-refractivity contribution in [1.29, 1.82) is 0 Å². The lowest BCUT2D eigenvalue weighted by atomic mass is 10.2. The van der Waals surface area contributed by atoms with Crippen LogP contribution in [0.15, 0.2) is 18.3 Å². The predicted molar refractivity (Wildman–Crippen MR) is 97.0 cm³/mol. The van der Waals surface area contributed by atoms with Crippen LogP contribution in [0.5, 0.6) is 0 Å². The summed E-state index contributed by atoms with van der Waals surface area (Å²) in [5.41, 5.74) is 0.282. The van der Waals surface area contributed by atoms with Crippen molar-refractivity contribution in [3.63, 3.8) is 0 Å². The monoisotopic (exact) mass is 365 g/mol. The Morgan fingerprint density at radius 3 is 2.54 bits per heavy atom. The van der Waals surface area contributed by atoms with Crippen molar-refractivity contribution in [2.45, 2.75) is 59.1 Å². The molecule has 1 atom stereocenters. The molecule has 0 saturated carbocycles. The van der Waals surface area contributed by atoms with E-state index in [2.05, 4.69) is 10.3 Å². The van der Waals surface area contributed by atoms with Gasteiger partial charge in [-0.15, -0.1) is 0 Å². The second kappa shape index (κ2) is 9.17. The van der Waals surface area contributed by atoms with Crippen LogP contribution in [-0.4, -0.2) is 46.2 Å². The number of amides is 2. The maximum absolute atomic E-state index is 12.5. The van der Waals surface area contributed by atoms with Gasteiger partial charge in [0.2, 0.25) is 5.91 Å². The number of rotatable bonds is 7. The molecule has 2 amide bonds. The maximum Gasteiger partial charge on any atom is 0.416 e. The number of ether oxygens (including phenoxy) is 1. The van der Waals surface area contributed by atoms with Gasteiger partial charge < -0.3 is 15.2 Å². The molecule has 1 rings (SSSR count). The summed E-state index contributed by atoms with van der Waals surface area (Å²) in [6.45, 7) is 8.82. The third kappa shape index (κ3) is 7.50. The molecule has 8 nitrogen and oxygen atoms in total. The number of aryl methyl sites for hydroxylation is 1. The molecule has 8 heteroatoms. The van der Waals surface area contributed by atoms with Crippen LogP contribution in [0.4, 0.5) is 10.6 Å². The number of carbonyl (C=O) groups excluding carboxylic acids is 2. The quantitative estimate of drug-likeness (QED) is 0.768. The number of anilines is 1. The van der Waals surface area contributed by atoms with Crippen LogP contribution in [0, 0.1) is 6.92 Å². The second-order valence-corrected chi connectivity index (χ2v) is 7.05. The highest BCUT2D eigenvalue weighted by atomic mass is 16.6. The molecule has 26 heavy (non-hydrogen) atoms. The van der Waals surface area contributed by atoms with Gasteiger partial charge in [-0.1, -0.05) is 0 Å². The molecule has 1 aromatic rings. The molecule has 0 spiro atoms. The average Bonchev–Trinajstić information content (AvgIpc) is 2.49. The standard InChI is InChI=1S/C18H27N3O5/c1-12-8-9-19-14(11-12)21(17(25)26-18(3,4)5)10-6-7-15(22)20-13(2)16(23)24/h8-9,11,13H,6-7,10H2,1-5H3,(H,20,22)(H,23,24)/t13-/m0/s1. The maximum atomic E-state index is 12.5. The van der Waals surface area contributed by atoms with Gasteiger partial charge in [0.15, 0.2) is 0 Å². The smallest absolute Gasteiger partial charge is 0.416 e. The number of aromatic nitrogens is 1. The Morgan fingerprint density at radius 1 is 1.35 bits per heavy atom. The zero-order valence-electron chi connectivity index (χ0n) is 15.9. The molecule has 0 fully saturated rings. The molecule has 144 valence electrons. The van der Waals surface area contributed by atoms with E-state index in [9.17, 15) is 14.4 Å². The number of carboxylic acid groups (broad SMARTS) is 1. The average molecular weight is 365 g/mol. The fourth-order valence-electron chi connectivity index (χ4n) is 2.06. The number of nitrogens with zero attached hydrogens (tertiary/aromatic N) is 2. The summed E-state index contributed by atoms with van der Waals surface area (Å²) in [6.07, 6.45) is 1.48. The number of nitrogens with one attached hydrogen (secondary N) is 1. The van der Waals surface area contributed by atoms with Gasteiger partial charge in [0.25, 0.3) is 0 Å². The fourth-order valence-corrected chi connectivity index (χ4v) is 2.06. The zero-order chi connectivity index (χ0) is 19.9. The minimum Gasteiger partial charge on any atom is -0.480 e. The van der Waals surface area contributed by atoms with Crippen molar-refractivity contribution in [1.82, 2.24) is 10.3 Å². The molecule has 0 unspecified atom stereocenters. The molecule has 0 aliphatic heterocycles. The van der Waals surface area contributed by atoms with E-state index in [1.807, 2.05) is 13.0 Å². The van der Waals surface area contributed by atoms with E-state index < -0.39 is 23.7 Å². The summed E-state index contributed by atoms with van der Waals surface area (Å²) < 4.78 is 5.42. The Bertz CT molecular complexity index is 654. The molecule has 0 radical (unpaired) electrons. The van der Waals surface area contributed by atoms with Gasteiger partial charge in [0, 0.05) is 19.2 Å². The number of carboxylic acids is 1. The van der Waals surface area contributed by atoms with E-state index in [1.165, 1.54) is 11.8 Å². The highest BCUT2D eigenvalue weighted by Crippen LogP contribution is 2.18. The lowest BCUT2D eigenvalue weighted by molar-refractivity contribution is -0.141. The minimum atomic E-state index is -1.10. The van der Waals surface area contributed by atoms with Gasteiger partial charge in [-0.25, -0.2) is 9.78 Å². The Morgan fingerprint density at radius 2 is 2.00 bits per heavy atom. The highest BCUT2D eigenvalue weighted by Gasteiger charge is 2.24.